The fourth-order valence-electron chi connectivity index (χ4n) is 3.19. The summed E-state index contributed by atoms with van der Waals surface area (Å²) < 4.78 is 0. The van der Waals surface area contributed by atoms with Gasteiger partial charge >= 0.3 is 0 Å². The van der Waals surface area contributed by atoms with Gasteiger partial charge in [-0.05, 0) is 43.5 Å². The molecule has 0 aliphatic heterocycles. The number of benzene rings is 1. The number of carbonyl (C=O) groups is 2. The van der Waals surface area contributed by atoms with Crippen LogP contribution in [0.25, 0.3) is 0 Å². The van der Waals surface area contributed by atoms with Gasteiger partial charge in [0.05, 0.1) is 0 Å². The molecule has 4 nitrogen and oxygen atoms in total. The lowest BCUT2D eigenvalue weighted by Crippen LogP contribution is -2.41. The molecule has 0 atom stereocenters. The van der Waals surface area contributed by atoms with Crippen LogP contribution >= 0.6 is 11.6 Å². The average molecular weight is 337 g/mol. The molecule has 1 fully saturated rings. The fraction of sp³-hybridized carbons (Fsp3) is 0.556. The lowest BCUT2D eigenvalue weighted by Gasteiger charge is -2.33. The van der Waals surface area contributed by atoms with Crippen molar-refractivity contribution in [2.24, 2.45) is 0 Å². The summed E-state index contributed by atoms with van der Waals surface area (Å²) >= 11 is 5.92. The molecule has 0 radical (unpaired) electrons. The predicted octanol–water partition coefficient (Wildman–Crippen LogP) is 4.16. The second kappa shape index (κ2) is 8.34. The Kier molecular flexibility index (Phi) is 6.46. The number of hydrogen-bond acceptors (Lipinski definition) is 2. The molecule has 5 heteroatoms. The van der Waals surface area contributed by atoms with Crippen LogP contribution in [0.3, 0.4) is 0 Å². The topological polar surface area (TPSA) is 49.4 Å². The number of amides is 2. The maximum absolute atomic E-state index is 12.2. The molecule has 1 aromatic carbocycles. The van der Waals surface area contributed by atoms with Crippen LogP contribution in [0.4, 0.5) is 5.69 Å². The van der Waals surface area contributed by atoms with Crippen LogP contribution in [-0.2, 0) is 9.59 Å². The molecule has 0 unspecified atom stereocenters. The molecular weight excluding hydrogens is 312 g/mol. The zero-order valence-electron chi connectivity index (χ0n) is 13.9. The van der Waals surface area contributed by atoms with Gasteiger partial charge in [0.25, 0.3) is 0 Å². The number of carbonyl (C=O) groups excluding carboxylic acids is 2. The minimum atomic E-state index is -0.0718. The summed E-state index contributed by atoms with van der Waals surface area (Å²) in [5.74, 6) is -0.00939. The van der Waals surface area contributed by atoms with E-state index in [1.807, 2.05) is 17.9 Å². The average Bonchev–Trinajstić information content (AvgIpc) is 2.51. The van der Waals surface area contributed by atoms with Gasteiger partial charge in [-0.3, -0.25) is 9.59 Å². The molecule has 0 aromatic heterocycles. The summed E-state index contributed by atoms with van der Waals surface area (Å²) in [5.41, 5.74) is 1.70. The van der Waals surface area contributed by atoms with E-state index in [1.54, 1.807) is 19.1 Å². The molecule has 1 saturated carbocycles. The molecule has 1 aliphatic rings. The largest absolute Gasteiger partial charge is 0.339 e. The molecule has 1 aliphatic carbocycles. The van der Waals surface area contributed by atoms with E-state index in [1.165, 1.54) is 19.3 Å². The van der Waals surface area contributed by atoms with Crippen LogP contribution in [0.15, 0.2) is 18.2 Å². The summed E-state index contributed by atoms with van der Waals surface area (Å²) in [4.78, 5) is 25.9. The van der Waals surface area contributed by atoms with Crippen LogP contribution < -0.4 is 5.32 Å². The summed E-state index contributed by atoms with van der Waals surface area (Å²) in [7, 11) is 0. The van der Waals surface area contributed by atoms with Gasteiger partial charge in [-0.15, -0.1) is 0 Å². The van der Waals surface area contributed by atoms with E-state index in [2.05, 4.69) is 5.32 Å². The third-order valence-corrected chi connectivity index (χ3v) is 4.70. The maximum Gasteiger partial charge on any atom is 0.226 e. The minimum absolute atomic E-state index is 0.0624. The normalized spacial score (nSPS) is 15.3. The number of nitrogens with one attached hydrogen (secondary N) is 1. The van der Waals surface area contributed by atoms with Gasteiger partial charge in [0.15, 0.2) is 0 Å². The van der Waals surface area contributed by atoms with E-state index in [-0.39, 0.29) is 11.8 Å². The van der Waals surface area contributed by atoms with Gasteiger partial charge < -0.3 is 10.2 Å². The standard InChI is InChI=1S/C18H25ClN2O2/c1-13-12-15(19)8-9-17(13)20-18(23)10-11-21(14(2)22)16-6-4-3-5-7-16/h8-9,12,16H,3-7,10-11H2,1-2H3,(H,20,23). The van der Waals surface area contributed by atoms with Crippen molar-refractivity contribution in [3.8, 4) is 0 Å². The van der Waals surface area contributed by atoms with Crippen LogP contribution in [-0.4, -0.2) is 29.3 Å². The molecule has 2 amide bonds. The van der Waals surface area contributed by atoms with Crippen molar-refractivity contribution in [3.05, 3.63) is 28.8 Å². The Morgan fingerprint density at radius 1 is 1.26 bits per heavy atom. The summed E-state index contributed by atoms with van der Waals surface area (Å²) in [5, 5.41) is 3.55. The first-order valence-electron chi connectivity index (χ1n) is 8.30. The van der Waals surface area contributed by atoms with E-state index in [4.69, 9.17) is 11.6 Å². The van der Waals surface area contributed by atoms with Gasteiger partial charge in [0.2, 0.25) is 11.8 Å². The Bertz CT molecular complexity index is 568. The molecule has 1 aromatic rings. The van der Waals surface area contributed by atoms with Gasteiger partial charge in [-0.25, -0.2) is 0 Å². The number of anilines is 1. The molecule has 1 N–H and O–H groups in total. The number of rotatable bonds is 5. The van der Waals surface area contributed by atoms with Crippen LogP contribution in [0.5, 0.6) is 0 Å². The first-order valence-corrected chi connectivity index (χ1v) is 8.68. The zero-order valence-corrected chi connectivity index (χ0v) is 14.7. The SMILES string of the molecule is CC(=O)N(CCC(=O)Nc1ccc(Cl)cc1C)C1CCCCC1. The van der Waals surface area contributed by atoms with E-state index in [9.17, 15) is 9.59 Å². The lowest BCUT2D eigenvalue weighted by atomic mass is 9.94. The van der Waals surface area contributed by atoms with E-state index < -0.39 is 0 Å². The van der Waals surface area contributed by atoms with Crippen molar-refractivity contribution in [2.45, 2.75) is 58.4 Å². The second-order valence-corrected chi connectivity index (χ2v) is 6.70. The summed E-state index contributed by atoms with van der Waals surface area (Å²) in [6.07, 6.45) is 6.01. The van der Waals surface area contributed by atoms with Gasteiger partial charge in [0.1, 0.15) is 0 Å². The first kappa shape index (κ1) is 17.8. The highest BCUT2D eigenvalue weighted by Crippen LogP contribution is 2.23. The van der Waals surface area contributed by atoms with E-state index in [0.717, 1.165) is 24.1 Å². The van der Waals surface area contributed by atoms with Gasteiger partial charge in [0, 0.05) is 36.6 Å². The highest BCUT2D eigenvalue weighted by atomic mass is 35.5. The van der Waals surface area contributed by atoms with Crippen LogP contribution in [0, 0.1) is 6.92 Å². The Labute approximate surface area is 143 Å². The lowest BCUT2D eigenvalue weighted by molar-refractivity contribution is -0.132. The van der Waals surface area contributed by atoms with Crippen molar-refractivity contribution in [2.75, 3.05) is 11.9 Å². The van der Waals surface area contributed by atoms with Crippen molar-refractivity contribution < 1.29 is 9.59 Å². The Morgan fingerprint density at radius 3 is 2.57 bits per heavy atom. The van der Waals surface area contributed by atoms with E-state index >= 15 is 0 Å². The third-order valence-electron chi connectivity index (χ3n) is 4.46. The van der Waals surface area contributed by atoms with Crippen molar-refractivity contribution >= 4 is 29.1 Å². The molecule has 0 saturated heterocycles. The van der Waals surface area contributed by atoms with Crippen LogP contribution in [0.2, 0.25) is 5.02 Å². The maximum atomic E-state index is 12.2. The number of nitrogens with zero attached hydrogens (tertiary/aromatic N) is 1. The van der Waals surface area contributed by atoms with Crippen molar-refractivity contribution in [1.29, 1.82) is 0 Å². The Balaban J connectivity index is 1.89. The molecule has 23 heavy (non-hydrogen) atoms. The summed E-state index contributed by atoms with van der Waals surface area (Å²) in [6, 6.07) is 5.68. The van der Waals surface area contributed by atoms with E-state index in [0.29, 0.717) is 24.0 Å². The molecule has 0 spiro atoms. The molecular formula is C18H25ClN2O2. The number of halogens is 1. The van der Waals surface area contributed by atoms with Crippen molar-refractivity contribution in [1.82, 2.24) is 4.90 Å². The second-order valence-electron chi connectivity index (χ2n) is 6.26. The van der Waals surface area contributed by atoms with Gasteiger partial charge in [-0.2, -0.15) is 0 Å². The summed E-state index contributed by atoms with van der Waals surface area (Å²) in [6.45, 7) is 3.99. The highest BCUT2D eigenvalue weighted by Gasteiger charge is 2.23. The first-order chi connectivity index (χ1) is 11.0. The quantitative estimate of drug-likeness (QED) is 0.877. The predicted molar refractivity (Wildman–Crippen MR) is 93.7 cm³/mol. The molecule has 0 bridgehead atoms. The van der Waals surface area contributed by atoms with Crippen LogP contribution in [0.1, 0.15) is 51.0 Å². The molecule has 0 heterocycles. The third kappa shape index (κ3) is 5.24. The fourth-order valence-corrected chi connectivity index (χ4v) is 3.42. The Morgan fingerprint density at radius 2 is 1.96 bits per heavy atom. The van der Waals surface area contributed by atoms with Gasteiger partial charge in [-0.1, -0.05) is 30.9 Å². The monoisotopic (exact) mass is 336 g/mol. The minimum Gasteiger partial charge on any atom is -0.339 e. The number of hydrogen-bond donors (Lipinski definition) is 1. The molecule has 126 valence electrons. The zero-order chi connectivity index (χ0) is 16.8. The smallest absolute Gasteiger partial charge is 0.226 e. The Hall–Kier alpha value is -1.55. The molecule has 2 rings (SSSR count). The number of aryl methyl sites for hydroxylation is 1. The highest BCUT2D eigenvalue weighted by molar-refractivity contribution is 6.30. The van der Waals surface area contributed by atoms with Crippen molar-refractivity contribution in [3.63, 3.8) is 0 Å².